The predicted molar refractivity (Wildman–Crippen MR) is 66.4 cm³/mol. The molecule has 0 saturated carbocycles. The Morgan fingerprint density at radius 2 is 1.47 bits per heavy atom. The summed E-state index contributed by atoms with van der Waals surface area (Å²) in [5.74, 6) is -2.02. The molecular formula is C14H10ClF3O. The molecule has 0 aliphatic heterocycles. The van der Waals surface area contributed by atoms with E-state index in [-0.39, 0.29) is 22.6 Å². The second-order valence-corrected chi connectivity index (χ2v) is 4.64. The Bertz CT molecular complexity index is 561. The van der Waals surface area contributed by atoms with Crippen LogP contribution in [0.25, 0.3) is 0 Å². The third kappa shape index (κ3) is 3.72. The van der Waals surface area contributed by atoms with Crippen molar-refractivity contribution in [2.45, 2.75) is 12.5 Å². The van der Waals surface area contributed by atoms with Crippen LogP contribution in [0.5, 0.6) is 0 Å². The molecule has 0 aliphatic rings. The lowest BCUT2D eigenvalue weighted by molar-refractivity contribution is 0.178. The fraction of sp³-hybridized carbons (Fsp3) is 0.143. The molecular weight excluding hydrogens is 277 g/mol. The van der Waals surface area contributed by atoms with Crippen molar-refractivity contribution in [1.82, 2.24) is 0 Å². The smallest absolute Gasteiger partial charge is 0.126 e. The van der Waals surface area contributed by atoms with Crippen LogP contribution in [-0.4, -0.2) is 5.11 Å². The molecule has 1 atom stereocenters. The highest BCUT2D eigenvalue weighted by molar-refractivity contribution is 6.30. The Hall–Kier alpha value is -1.52. The van der Waals surface area contributed by atoms with Gasteiger partial charge >= 0.3 is 0 Å². The fourth-order valence-corrected chi connectivity index (χ4v) is 2.07. The minimum atomic E-state index is -1.09. The molecule has 0 fully saturated rings. The van der Waals surface area contributed by atoms with Crippen molar-refractivity contribution >= 4 is 11.6 Å². The van der Waals surface area contributed by atoms with Crippen LogP contribution in [0.3, 0.4) is 0 Å². The molecule has 0 aliphatic carbocycles. The van der Waals surface area contributed by atoms with E-state index in [2.05, 4.69) is 0 Å². The molecule has 2 aromatic carbocycles. The zero-order valence-electron chi connectivity index (χ0n) is 9.71. The van der Waals surface area contributed by atoms with Gasteiger partial charge in [0.15, 0.2) is 0 Å². The van der Waals surface area contributed by atoms with E-state index in [0.717, 1.165) is 30.3 Å². The van der Waals surface area contributed by atoms with E-state index in [1.807, 2.05) is 0 Å². The number of halogens is 4. The first-order valence-electron chi connectivity index (χ1n) is 5.53. The number of aliphatic hydroxyl groups is 1. The van der Waals surface area contributed by atoms with Gasteiger partial charge in [-0.1, -0.05) is 11.6 Å². The summed E-state index contributed by atoms with van der Waals surface area (Å²) >= 11 is 5.68. The second kappa shape index (κ2) is 5.63. The SMILES string of the molecule is OC(Cc1cc(F)cc(F)c1)c1cc(F)cc(Cl)c1. The zero-order valence-corrected chi connectivity index (χ0v) is 10.5. The molecule has 2 rings (SSSR count). The molecule has 19 heavy (non-hydrogen) atoms. The van der Waals surface area contributed by atoms with Crippen molar-refractivity contribution in [3.05, 3.63) is 70.0 Å². The fourth-order valence-electron chi connectivity index (χ4n) is 1.84. The van der Waals surface area contributed by atoms with Crippen molar-refractivity contribution in [3.8, 4) is 0 Å². The van der Waals surface area contributed by atoms with Crippen molar-refractivity contribution in [1.29, 1.82) is 0 Å². The first-order chi connectivity index (χ1) is 8.94. The van der Waals surface area contributed by atoms with Crippen molar-refractivity contribution < 1.29 is 18.3 Å². The van der Waals surface area contributed by atoms with Crippen molar-refractivity contribution in [2.75, 3.05) is 0 Å². The number of aliphatic hydroxyl groups excluding tert-OH is 1. The van der Waals surface area contributed by atoms with E-state index in [0.29, 0.717) is 0 Å². The molecule has 100 valence electrons. The van der Waals surface area contributed by atoms with E-state index < -0.39 is 23.6 Å². The maximum Gasteiger partial charge on any atom is 0.126 e. The first-order valence-corrected chi connectivity index (χ1v) is 5.91. The Morgan fingerprint density at radius 3 is 2.05 bits per heavy atom. The lowest BCUT2D eigenvalue weighted by atomic mass is 10.0. The molecule has 0 heterocycles. The summed E-state index contributed by atoms with van der Waals surface area (Å²) in [4.78, 5) is 0. The van der Waals surface area contributed by atoms with Gasteiger partial charge in [0.1, 0.15) is 17.5 Å². The van der Waals surface area contributed by atoms with Crippen molar-refractivity contribution in [3.63, 3.8) is 0 Å². The summed E-state index contributed by atoms with van der Waals surface area (Å²) in [5, 5.41) is 10.1. The topological polar surface area (TPSA) is 20.2 Å². The van der Waals surface area contributed by atoms with Crippen molar-refractivity contribution in [2.24, 2.45) is 0 Å². The van der Waals surface area contributed by atoms with Gasteiger partial charge in [-0.05, 0) is 41.5 Å². The number of benzene rings is 2. The summed E-state index contributed by atoms with van der Waals surface area (Å²) in [5.41, 5.74) is 0.542. The Kier molecular flexibility index (Phi) is 4.12. The van der Waals surface area contributed by atoms with E-state index in [1.165, 1.54) is 6.07 Å². The van der Waals surface area contributed by atoms with Gasteiger partial charge in [-0.3, -0.25) is 0 Å². The van der Waals surface area contributed by atoms with Gasteiger partial charge in [0, 0.05) is 17.5 Å². The minimum Gasteiger partial charge on any atom is -0.388 e. The van der Waals surface area contributed by atoms with E-state index in [9.17, 15) is 18.3 Å². The van der Waals surface area contributed by atoms with Gasteiger partial charge in [-0.15, -0.1) is 0 Å². The number of hydrogen-bond acceptors (Lipinski definition) is 1. The zero-order chi connectivity index (χ0) is 14.0. The Balaban J connectivity index is 2.22. The maximum absolute atomic E-state index is 13.1. The molecule has 2 aromatic rings. The summed E-state index contributed by atoms with van der Waals surface area (Å²) in [6.45, 7) is 0. The third-order valence-corrected chi connectivity index (χ3v) is 2.84. The Labute approximate surface area is 113 Å². The Morgan fingerprint density at radius 1 is 0.895 bits per heavy atom. The van der Waals surface area contributed by atoms with Crippen LogP contribution in [0.4, 0.5) is 13.2 Å². The monoisotopic (exact) mass is 286 g/mol. The molecule has 0 aromatic heterocycles. The average Bonchev–Trinajstić information content (AvgIpc) is 2.25. The van der Waals surface area contributed by atoms with Crippen LogP contribution >= 0.6 is 11.6 Å². The average molecular weight is 287 g/mol. The van der Waals surface area contributed by atoms with Gasteiger partial charge in [-0.25, -0.2) is 13.2 Å². The highest BCUT2D eigenvalue weighted by Crippen LogP contribution is 2.23. The molecule has 5 heteroatoms. The van der Waals surface area contributed by atoms with Gasteiger partial charge in [-0.2, -0.15) is 0 Å². The molecule has 1 unspecified atom stereocenters. The standard InChI is InChI=1S/C14H10ClF3O/c15-10-4-9(5-13(18)6-10)14(19)3-8-1-11(16)7-12(17)2-8/h1-2,4-7,14,19H,3H2. The van der Waals surface area contributed by atoms with Gasteiger partial charge in [0.2, 0.25) is 0 Å². The normalized spacial score (nSPS) is 12.5. The maximum atomic E-state index is 13.1. The molecule has 0 radical (unpaired) electrons. The van der Waals surface area contributed by atoms with Crippen LogP contribution in [0, 0.1) is 17.5 Å². The minimum absolute atomic E-state index is 0.0333. The lowest BCUT2D eigenvalue weighted by Crippen LogP contribution is -2.03. The quantitative estimate of drug-likeness (QED) is 0.903. The van der Waals surface area contributed by atoms with E-state index in [4.69, 9.17) is 11.6 Å². The summed E-state index contributed by atoms with van der Waals surface area (Å²) < 4.78 is 39.2. The third-order valence-electron chi connectivity index (χ3n) is 2.62. The lowest BCUT2D eigenvalue weighted by Gasteiger charge is -2.12. The predicted octanol–water partition coefficient (Wildman–Crippen LogP) is 4.03. The van der Waals surface area contributed by atoms with Crippen LogP contribution < -0.4 is 0 Å². The summed E-state index contributed by atoms with van der Waals surface area (Å²) in [6.07, 6.45) is -1.12. The highest BCUT2D eigenvalue weighted by Gasteiger charge is 2.12. The molecule has 1 N–H and O–H groups in total. The van der Waals surface area contributed by atoms with Crippen LogP contribution in [0.2, 0.25) is 5.02 Å². The summed E-state index contributed by atoms with van der Waals surface area (Å²) in [7, 11) is 0. The second-order valence-electron chi connectivity index (χ2n) is 4.20. The van der Waals surface area contributed by atoms with Crippen LogP contribution in [0.1, 0.15) is 17.2 Å². The van der Waals surface area contributed by atoms with Gasteiger partial charge in [0.05, 0.1) is 6.10 Å². The largest absolute Gasteiger partial charge is 0.388 e. The molecule has 0 bridgehead atoms. The van der Waals surface area contributed by atoms with Gasteiger partial charge < -0.3 is 5.11 Å². The van der Waals surface area contributed by atoms with Gasteiger partial charge in [0.25, 0.3) is 0 Å². The van der Waals surface area contributed by atoms with Crippen LogP contribution in [-0.2, 0) is 6.42 Å². The molecule has 0 amide bonds. The highest BCUT2D eigenvalue weighted by atomic mass is 35.5. The summed E-state index contributed by atoms with van der Waals surface area (Å²) in [6, 6.07) is 6.63. The van der Waals surface area contributed by atoms with Crippen LogP contribution in [0.15, 0.2) is 36.4 Å². The molecule has 0 saturated heterocycles. The van der Waals surface area contributed by atoms with E-state index in [1.54, 1.807) is 0 Å². The number of hydrogen-bond donors (Lipinski definition) is 1. The molecule has 0 spiro atoms. The first kappa shape index (κ1) is 13.9. The number of rotatable bonds is 3. The molecule has 1 nitrogen and oxygen atoms in total. The van der Waals surface area contributed by atoms with E-state index >= 15 is 0 Å².